The molecule has 0 aliphatic carbocycles. The number of benzene rings is 1. The van der Waals surface area contributed by atoms with Gasteiger partial charge in [0.25, 0.3) is 0 Å². The molecule has 2 atom stereocenters. The van der Waals surface area contributed by atoms with Gasteiger partial charge in [0.15, 0.2) is 0 Å². The second kappa shape index (κ2) is 7.65. The van der Waals surface area contributed by atoms with Crippen molar-refractivity contribution in [1.82, 2.24) is 0 Å². The van der Waals surface area contributed by atoms with E-state index in [1.54, 1.807) is 7.11 Å². The van der Waals surface area contributed by atoms with Crippen LogP contribution in [0.5, 0.6) is 5.75 Å². The first-order valence-corrected chi connectivity index (χ1v) is 7.45. The highest BCUT2D eigenvalue weighted by atomic mass is 16.5. The quantitative estimate of drug-likeness (QED) is 0.806. The predicted octanol–water partition coefficient (Wildman–Crippen LogP) is 3.07. The zero-order valence-corrected chi connectivity index (χ0v) is 13.5. The van der Waals surface area contributed by atoms with Crippen molar-refractivity contribution in [2.24, 2.45) is 11.7 Å². The van der Waals surface area contributed by atoms with E-state index in [-0.39, 0.29) is 12.5 Å². The Hall–Kier alpha value is -1.06. The molecule has 0 saturated heterocycles. The van der Waals surface area contributed by atoms with Gasteiger partial charge in [0, 0.05) is 6.61 Å². The van der Waals surface area contributed by atoms with Crippen molar-refractivity contribution in [1.29, 1.82) is 0 Å². The fourth-order valence-electron chi connectivity index (χ4n) is 3.04. The average Bonchev–Trinajstić information content (AvgIpc) is 2.46. The van der Waals surface area contributed by atoms with Gasteiger partial charge in [0.1, 0.15) is 5.75 Å². The first-order chi connectivity index (χ1) is 9.49. The third-order valence-electron chi connectivity index (χ3n) is 4.44. The molecule has 0 radical (unpaired) electrons. The van der Waals surface area contributed by atoms with E-state index in [1.165, 1.54) is 22.3 Å². The zero-order chi connectivity index (χ0) is 15.3. The molecule has 2 unspecified atom stereocenters. The highest BCUT2D eigenvalue weighted by Crippen LogP contribution is 2.36. The topological polar surface area (TPSA) is 55.5 Å². The summed E-state index contributed by atoms with van der Waals surface area (Å²) in [6.07, 6.45) is 2.00. The molecular weight excluding hydrogens is 250 g/mol. The molecule has 1 rings (SSSR count). The molecule has 3 N–H and O–H groups in total. The van der Waals surface area contributed by atoms with Crippen LogP contribution in [0.2, 0.25) is 0 Å². The van der Waals surface area contributed by atoms with Crippen LogP contribution in [0.1, 0.15) is 47.9 Å². The minimum Gasteiger partial charge on any atom is -0.496 e. The maximum Gasteiger partial charge on any atom is 0.122 e. The van der Waals surface area contributed by atoms with Crippen molar-refractivity contribution in [3.05, 3.63) is 28.3 Å². The average molecular weight is 279 g/mol. The third-order valence-corrected chi connectivity index (χ3v) is 4.44. The Labute approximate surface area is 123 Å². The van der Waals surface area contributed by atoms with Gasteiger partial charge < -0.3 is 15.6 Å². The lowest BCUT2D eigenvalue weighted by atomic mass is 9.81. The normalized spacial score (nSPS) is 14.2. The van der Waals surface area contributed by atoms with Gasteiger partial charge in [-0.15, -0.1) is 0 Å². The van der Waals surface area contributed by atoms with Crippen LogP contribution in [0.15, 0.2) is 6.07 Å². The van der Waals surface area contributed by atoms with Crippen LogP contribution >= 0.6 is 0 Å². The lowest BCUT2D eigenvalue weighted by molar-refractivity contribution is 0.214. The van der Waals surface area contributed by atoms with Crippen LogP contribution in [0.3, 0.4) is 0 Å². The van der Waals surface area contributed by atoms with Gasteiger partial charge in [-0.2, -0.15) is 0 Å². The molecule has 0 saturated carbocycles. The Bertz CT molecular complexity index is 439. The molecule has 0 aliphatic rings. The minimum atomic E-state index is 0.167. The molecule has 0 fully saturated rings. The fraction of sp³-hybridized carbons (Fsp3) is 0.647. The first-order valence-electron chi connectivity index (χ1n) is 7.45. The Kier molecular flexibility index (Phi) is 6.50. The summed E-state index contributed by atoms with van der Waals surface area (Å²) in [7, 11) is 1.72. The van der Waals surface area contributed by atoms with Crippen LogP contribution in [-0.2, 0) is 0 Å². The van der Waals surface area contributed by atoms with E-state index in [2.05, 4.69) is 33.8 Å². The van der Waals surface area contributed by atoms with Crippen LogP contribution in [-0.4, -0.2) is 25.4 Å². The Morgan fingerprint density at radius 3 is 2.35 bits per heavy atom. The van der Waals surface area contributed by atoms with Gasteiger partial charge in [0.05, 0.1) is 7.11 Å². The van der Waals surface area contributed by atoms with Crippen LogP contribution in [0, 0.1) is 26.7 Å². The highest BCUT2D eigenvalue weighted by molar-refractivity contribution is 5.49. The summed E-state index contributed by atoms with van der Waals surface area (Å²) in [6, 6.07) is 2.12. The summed E-state index contributed by atoms with van der Waals surface area (Å²) >= 11 is 0. The zero-order valence-electron chi connectivity index (χ0n) is 13.5. The van der Waals surface area contributed by atoms with Crippen molar-refractivity contribution in [2.75, 3.05) is 20.3 Å². The monoisotopic (exact) mass is 279 g/mol. The molecule has 0 aliphatic heterocycles. The maximum atomic E-state index is 9.39. The molecule has 0 aromatic heterocycles. The maximum absolute atomic E-state index is 9.39. The van der Waals surface area contributed by atoms with Gasteiger partial charge in [-0.3, -0.25) is 0 Å². The molecule has 1 aromatic rings. The summed E-state index contributed by atoms with van der Waals surface area (Å²) < 4.78 is 5.44. The van der Waals surface area contributed by atoms with E-state index in [4.69, 9.17) is 10.5 Å². The highest BCUT2D eigenvalue weighted by Gasteiger charge is 2.21. The van der Waals surface area contributed by atoms with E-state index in [9.17, 15) is 5.11 Å². The molecule has 20 heavy (non-hydrogen) atoms. The second-order valence-electron chi connectivity index (χ2n) is 5.68. The lowest BCUT2D eigenvalue weighted by Gasteiger charge is -2.25. The van der Waals surface area contributed by atoms with Crippen molar-refractivity contribution in [3.8, 4) is 5.75 Å². The van der Waals surface area contributed by atoms with Crippen LogP contribution in [0.4, 0.5) is 0 Å². The number of rotatable bonds is 7. The minimum absolute atomic E-state index is 0.167. The fourth-order valence-corrected chi connectivity index (χ4v) is 3.04. The van der Waals surface area contributed by atoms with Crippen molar-refractivity contribution < 1.29 is 9.84 Å². The number of hydrogen-bond donors (Lipinski definition) is 2. The van der Waals surface area contributed by atoms with Gasteiger partial charge >= 0.3 is 0 Å². The molecule has 0 spiro atoms. The Morgan fingerprint density at radius 1 is 1.25 bits per heavy atom. The van der Waals surface area contributed by atoms with Crippen LogP contribution < -0.4 is 10.5 Å². The van der Waals surface area contributed by atoms with E-state index >= 15 is 0 Å². The Morgan fingerprint density at radius 2 is 1.90 bits per heavy atom. The number of hydrogen-bond acceptors (Lipinski definition) is 3. The summed E-state index contributed by atoms with van der Waals surface area (Å²) in [5, 5.41) is 9.39. The van der Waals surface area contributed by atoms with Gasteiger partial charge in [-0.05, 0) is 80.3 Å². The molecule has 3 heteroatoms. The van der Waals surface area contributed by atoms with Gasteiger partial charge in [-0.1, -0.05) is 6.92 Å². The largest absolute Gasteiger partial charge is 0.496 e. The van der Waals surface area contributed by atoms with Gasteiger partial charge in [-0.25, -0.2) is 0 Å². The molecule has 0 bridgehead atoms. The third kappa shape index (κ3) is 3.53. The van der Waals surface area contributed by atoms with E-state index in [0.29, 0.717) is 12.5 Å². The molecule has 1 aromatic carbocycles. The summed E-state index contributed by atoms with van der Waals surface area (Å²) in [6.45, 7) is 9.33. The van der Waals surface area contributed by atoms with E-state index < -0.39 is 0 Å². The lowest BCUT2D eigenvalue weighted by Crippen LogP contribution is -2.21. The van der Waals surface area contributed by atoms with Gasteiger partial charge in [0.2, 0.25) is 0 Å². The standard InChI is InChI=1S/C17H29NO2/c1-6-15(8-14(9-18)10-19)17-11(2)7-16(20-5)12(3)13(17)4/h7,14-15,19H,6,8-10,18H2,1-5H3. The number of aryl methyl sites for hydroxylation is 1. The number of ether oxygens (including phenoxy) is 1. The number of methoxy groups -OCH3 is 1. The van der Waals surface area contributed by atoms with Crippen molar-refractivity contribution in [3.63, 3.8) is 0 Å². The summed E-state index contributed by atoms with van der Waals surface area (Å²) in [5.74, 6) is 1.58. The summed E-state index contributed by atoms with van der Waals surface area (Å²) in [4.78, 5) is 0. The van der Waals surface area contributed by atoms with Crippen molar-refractivity contribution in [2.45, 2.75) is 46.5 Å². The van der Waals surface area contributed by atoms with E-state index in [1.807, 2.05) is 0 Å². The first kappa shape index (κ1) is 17.0. The number of aliphatic hydroxyl groups excluding tert-OH is 1. The molecule has 114 valence electrons. The number of nitrogens with two attached hydrogens (primary N) is 1. The smallest absolute Gasteiger partial charge is 0.122 e. The predicted molar refractivity (Wildman–Crippen MR) is 84.5 cm³/mol. The number of aliphatic hydroxyl groups is 1. The SMILES string of the molecule is CCC(CC(CN)CO)c1c(C)cc(OC)c(C)c1C. The summed E-state index contributed by atoms with van der Waals surface area (Å²) in [5.41, 5.74) is 10.9. The Balaban J connectivity index is 3.18. The van der Waals surface area contributed by atoms with E-state index in [0.717, 1.165) is 18.6 Å². The van der Waals surface area contributed by atoms with Crippen LogP contribution in [0.25, 0.3) is 0 Å². The molecular formula is C17H29NO2. The molecule has 0 amide bonds. The molecule has 0 heterocycles. The molecule has 3 nitrogen and oxygen atoms in total. The second-order valence-corrected chi connectivity index (χ2v) is 5.68. The van der Waals surface area contributed by atoms with Crippen molar-refractivity contribution >= 4 is 0 Å².